The Kier molecular flexibility index (Phi) is 3.98. The van der Waals surface area contributed by atoms with Gasteiger partial charge in [-0.1, -0.05) is 51.1 Å². The zero-order valence-corrected chi connectivity index (χ0v) is 12.0. The van der Waals surface area contributed by atoms with E-state index in [0.717, 1.165) is 5.75 Å². The average Bonchev–Trinajstić information content (AvgIpc) is 2.34. The Morgan fingerprint density at radius 3 is 2.39 bits per heavy atom. The van der Waals surface area contributed by atoms with Gasteiger partial charge in [0.2, 0.25) is 0 Å². The third kappa shape index (κ3) is 3.27. The molecule has 0 amide bonds. The lowest BCUT2D eigenvalue weighted by Crippen LogP contribution is -2.28. The molecule has 2 aromatic carbocycles. The van der Waals surface area contributed by atoms with Crippen molar-refractivity contribution in [1.82, 2.24) is 0 Å². The molecule has 0 saturated heterocycles. The summed E-state index contributed by atoms with van der Waals surface area (Å²) < 4.78 is 0. The van der Waals surface area contributed by atoms with Gasteiger partial charge in [-0.25, -0.2) is 0 Å². The van der Waals surface area contributed by atoms with Gasteiger partial charge in [0.15, 0.2) is 0 Å². The van der Waals surface area contributed by atoms with Crippen molar-refractivity contribution in [3.8, 4) is 0 Å². The highest BCUT2D eigenvalue weighted by Crippen LogP contribution is 2.28. The van der Waals surface area contributed by atoms with Crippen LogP contribution in [0.2, 0.25) is 0 Å². The van der Waals surface area contributed by atoms with Crippen LogP contribution >= 0.6 is 11.8 Å². The highest BCUT2D eigenvalue weighted by atomic mass is 32.2. The SMILES string of the molecule is CC(C)(C)C(O)CSc1ccc2ccccc2c1. The zero-order chi connectivity index (χ0) is 13.2. The van der Waals surface area contributed by atoms with Crippen molar-refractivity contribution in [3.63, 3.8) is 0 Å². The van der Waals surface area contributed by atoms with Gasteiger partial charge in [-0.05, 0) is 28.3 Å². The summed E-state index contributed by atoms with van der Waals surface area (Å²) >= 11 is 1.72. The van der Waals surface area contributed by atoms with E-state index in [-0.39, 0.29) is 11.5 Å². The first-order valence-corrected chi connectivity index (χ1v) is 7.25. The molecule has 96 valence electrons. The number of fused-ring (bicyclic) bond motifs is 1. The smallest absolute Gasteiger partial charge is 0.0682 e. The van der Waals surface area contributed by atoms with E-state index in [9.17, 15) is 5.11 Å². The maximum Gasteiger partial charge on any atom is 0.0682 e. The van der Waals surface area contributed by atoms with Crippen molar-refractivity contribution in [3.05, 3.63) is 42.5 Å². The third-order valence-corrected chi connectivity index (χ3v) is 4.20. The van der Waals surface area contributed by atoms with Gasteiger partial charge in [0.25, 0.3) is 0 Å². The molecule has 0 aliphatic heterocycles. The molecule has 2 heteroatoms. The molecule has 0 bridgehead atoms. The highest BCUT2D eigenvalue weighted by molar-refractivity contribution is 7.99. The molecule has 0 aromatic heterocycles. The quantitative estimate of drug-likeness (QED) is 0.828. The summed E-state index contributed by atoms with van der Waals surface area (Å²) in [6.45, 7) is 6.20. The number of aliphatic hydroxyl groups is 1. The Morgan fingerprint density at radius 1 is 1.06 bits per heavy atom. The minimum atomic E-state index is -0.283. The standard InChI is InChI=1S/C16H20OS/c1-16(2,3)15(17)11-18-14-9-8-12-6-4-5-7-13(12)10-14/h4-10,15,17H,11H2,1-3H3. The van der Waals surface area contributed by atoms with E-state index >= 15 is 0 Å². The minimum absolute atomic E-state index is 0.0517. The first-order valence-electron chi connectivity index (χ1n) is 6.26. The van der Waals surface area contributed by atoms with Crippen LogP contribution in [0.25, 0.3) is 10.8 Å². The first-order chi connectivity index (χ1) is 8.47. The van der Waals surface area contributed by atoms with Crippen molar-refractivity contribution in [1.29, 1.82) is 0 Å². The molecule has 18 heavy (non-hydrogen) atoms. The maximum absolute atomic E-state index is 10.0. The largest absolute Gasteiger partial charge is 0.392 e. The molecule has 1 nitrogen and oxygen atoms in total. The van der Waals surface area contributed by atoms with Crippen LogP contribution in [0, 0.1) is 5.41 Å². The molecule has 0 aliphatic rings. The van der Waals surface area contributed by atoms with E-state index < -0.39 is 0 Å². The molecular weight excluding hydrogens is 240 g/mol. The number of aliphatic hydroxyl groups excluding tert-OH is 1. The molecule has 1 N–H and O–H groups in total. The number of hydrogen-bond donors (Lipinski definition) is 1. The lowest BCUT2D eigenvalue weighted by Gasteiger charge is -2.25. The normalized spacial score (nSPS) is 13.8. The van der Waals surface area contributed by atoms with E-state index in [1.54, 1.807) is 11.8 Å². The summed E-state index contributed by atoms with van der Waals surface area (Å²) in [5.74, 6) is 0.738. The highest BCUT2D eigenvalue weighted by Gasteiger charge is 2.21. The van der Waals surface area contributed by atoms with E-state index in [1.165, 1.54) is 15.7 Å². The van der Waals surface area contributed by atoms with Crippen LogP contribution in [0.4, 0.5) is 0 Å². The average molecular weight is 260 g/mol. The number of benzene rings is 2. The van der Waals surface area contributed by atoms with Crippen LogP contribution in [0.3, 0.4) is 0 Å². The fraction of sp³-hybridized carbons (Fsp3) is 0.375. The lowest BCUT2D eigenvalue weighted by atomic mass is 9.90. The second-order valence-corrected chi connectivity index (χ2v) is 6.80. The van der Waals surface area contributed by atoms with Gasteiger partial charge < -0.3 is 5.11 Å². The minimum Gasteiger partial charge on any atom is -0.392 e. The van der Waals surface area contributed by atoms with Crippen molar-refractivity contribution >= 4 is 22.5 Å². The molecule has 0 saturated carbocycles. The van der Waals surface area contributed by atoms with E-state index in [0.29, 0.717) is 0 Å². The van der Waals surface area contributed by atoms with Crippen LogP contribution in [0.15, 0.2) is 47.4 Å². The summed E-state index contributed by atoms with van der Waals surface area (Å²) in [6.07, 6.45) is -0.283. The molecule has 0 aliphatic carbocycles. The molecule has 2 aromatic rings. The topological polar surface area (TPSA) is 20.2 Å². The van der Waals surface area contributed by atoms with Crippen LogP contribution < -0.4 is 0 Å². The maximum atomic E-state index is 10.0. The number of hydrogen-bond acceptors (Lipinski definition) is 2. The summed E-state index contributed by atoms with van der Waals surface area (Å²) in [4.78, 5) is 1.22. The molecule has 0 fully saturated rings. The Bertz CT molecular complexity index is 528. The van der Waals surface area contributed by atoms with Crippen molar-refractivity contribution < 1.29 is 5.11 Å². The van der Waals surface area contributed by atoms with E-state index in [2.05, 4.69) is 63.2 Å². The summed E-state index contributed by atoms with van der Waals surface area (Å²) in [6, 6.07) is 14.8. The molecule has 0 spiro atoms. The van der Waals surface area contributed by atoms with Crippen LogP contribution in [-0.4, -0.2) is 17.0 Å². The second kappa shape index (κ2) is 5.33. The second-order valence-electron chi connectivity index (χ2n) is 5.70. The van der Waals surface area contributed by atoms with Gasteiger partial charge >= 0.3 is 0 Å². The number of rotatable bonds is 3. The molecule has 1 atom stereocenters. The lowest BCUT2D eigenvalue weighted by molar-refractivity contribution is 0.0843. The predicted octanol–water partition coefficient (Wildman–Crippen LogP) is 4.34. The Hall–Kier alpha value is -0.990. The van der Waals surface area contributed by atoms with Crippen molar-refractivity contribution in [2.75, 3.05) is 5.75 Å². The predicted molar refractivity (Wildman–Crippen MR) is 80.1 cm³/mol. The summed E-state index contributed by atoms with van der Waals surface area (Å²) in [7, 11) is 0. The van der Waals surface area contributed by atoms with Gasteiger partial charge in [-0.3, -0.25) is 0 Å². The monoisotopic (exact) mass is 260 g/mol. The van der Waals surface area contributed by atoms with Gasteiger partial charge in [0, 0.05) is 10.6 Å². The molecule has 2 rings (SSSR count). The van der Waals surface area contributed by atoms with Crippen molar-refractivity contribution in [2.45, 2.75) is 31.8 Å². The zero-order valence-electron chi connectivity index (χ0n) is 11.2. The third-order valence-electron chi connectivity index (χ3n) is 3.13. The van der Waals surface area contributed by atoms with Gasteiger partial charge in [0.1, 0.15) is 0 Å². The molecule has 0 heterocycles. The Labute approximate surface area is 113 Å². The van der Waals surface area contributed by atoms with E-state index in [1.807, 2.05) is 0 Å². The van der Waals surface area contributed by atoms with Gasteiger partial charge in [0.05, 0.1) is 6.10 Å². The number of thioether (sulfide) groups is 1. The fourth-order valence-corrected chi connectivity index (χ4v) is 2.91. The Morgan fingerprint density at radius 2 is 1.72 bits per heavy atom. The van der Waals surface area contributed by atoms with Gasteiger partial charge in [-0.15, -0.1) is 11.8 Å². The van der Waals surface area contributed by atoms with Crippen LogP contribution in [-0.2, 0) is 0 Å². The first kappa shape index (κ1) is 13.4. The summed E-state index contributed by atoms with van der Waals surface area (Å²) in [5, 5.41) is 12.6. The molecular formula is C16H20OS. The van der Waals surface area contributed by atoms with Crippen LogP contribution in [0.5, 0.6) is 0 Å². The van der Waals surface area contributed by atoms with Gasteiger partial charge in [-0.2, -0.15) is 0 Å². The fourth-order valence-electron chi connectivity index (χ4n) is 1.68. The van der Waals surface area contributed by atoms with Crippen molar-refractivity contribution in [2.24, 2.45) is 5.41 Å². The summed E-state index contributed by atoms with van der Waals surface area (Å²) in [5.41, 5.74) is -0.0517. The Balaban J connectivity index is 2.08. The molecule has 0 radical (unpaired) electrons. The molecule has 1 unspecified atom stereocenters. The van der Waals surface area contributed by atoms with E-state index in [4.69, 9.17) is 0 Å². The van der Waals surface area contributed by atoms with Crippen LogP contribution in [0.1, 0.15) is 20.8 Å².